The second kappa shape index (κ2) is 5.20. The molecule has 0 amide bonds. The number of hydrogen-bond donors (Lipinski definition) is 0. The van der Waals surface area contributed by atoms with Crippen molar-refractivity contribution >= 4 is 21.9 Å². The fraction of sp³-hybridized carbons (Fsp3) is 0.333. The number of nitrogens with zero attached hydrogens (tertiary/aromatic N) is 1. The highest BCUT2D eigenvalue weighted by atomic mass is 79.9. The van der Waals surface area contributed by atoms with Crippen LogP contribution in [0.1, 0.15) is 22.3 Å². The van der Waals surface area contributed by atoms with Gasteiger partial charge in [0.15, 0.2) is 0 Å². The number of methoxy groups -OCH3 is 2. The Morgan fingerprint density at radius 1 is 1.50 bits per heavy atom. The highest BCUT2D eigenvalue weighted by Crippen LogP contribution is 2.36. The van der Waals surface area contributed by atoms with Gasteiger partial charge in [-0.2, -0.15) is 0 Å². The van der Waals surface area contributed by atoms with Crippen LogP contribution in [0.4, 0.5) is 8.78 Å². The van der Waals surface area contributed by atoms with Crippen molar-refractivity contribution in [3.63, 3.8) is 0 Å². The summed E-state index contributed by atoms with van der Waals surface area (Å²) >= 11 is 2.91. The molecule has 16 heavy (non-hydrogen) atoms. The fourth-order valence-corrected chi connectivity index (χ4v) is 1.70. The first kappa shape index (κ1) is 12.8. The van der Waals surface area contributed by atoms with Gasteiger partial charge >= 0.3 is 5.97 Å². The summed E-state index contributed by atoms with van der Waals surface area (Å²) in [7, 11) is 2.37. The average Bonchev–Trinajstić information content (AvgIpc) is 2.26. The summed E-state index contributed by atoms with van der Waals surface area (Å²) in [6.07, 6.45) is -1.69. The van der Waals surface area contributed by atoms with Crippen LogP contribution in [0.25, 0.3) is 0 Å². The highest BCUT2D eigenvalue weighted by molar-refractivity contribution is 9.10. The zero-order chi connectivity index (χ0) is 12.3. The van der Waals surface area contributed by atoms with Gasteiger partial charge < -0.3 is 9.47 Å². The van der Waals surface area contributed by atoms with E-state index in [-0.39, 0.29) is 15.9 Å². The molecule has 1 aromatic heterocycles. The molecule has 0 saturated heterocycles. The van der Waals surface area contributed by atoms with Crippen molar-refractivity contribution in [2.45, 2.75) is 6.43 Å². The first-order valence-corrected chi connectivity index (χ1v) is 4.91. The largest absolute Gasteiger partial charge is 0.481 e. The third-order valence-electron chi connectivity index (χ3n) is 1.83. The summed E-state index contributed by atoms with van der Waals surface area (Å²) < 4.78 is 34.5. The van der Waals surface area contributed by atoms with E-state index in [1.54, 1.807) is 0 Å². The van der Waals surface area contributed by atoms with Gasteiger partial charge in [0, 0.05) is 10.7 Å². The molecule has 4 nitrogen and oxygen atoms in total. The molecule has 0 fully saturated rings. The number of aromatic nitrogens is 1. The molecule has 0 aromatic carbocycles. The Bertz CT molecular complexity index is 412. The lowest BCUT2D eigenvalue weighted by Gasteiger charge is -2.11. The number of rotatable bonds is 3. The zero-order valence-corrected chi connectivity index (χ0v) is 10.0. The number of carbonyl (C=O) groups is 1. The second-order valence-corrected chi connectivity index (χ2v) is 3.49. The summed E-state index contributed by atoms with van der Waals surface area (Å²) in [5, 5.41) is 0. The number of halogens is 3. The van der Waals surface area contributed by atoms with E-state index in [1.807, 2.05) is 0 Å². The maximum Gasteiger partial charge on any atom is 0.340 e. The van der Waals surface area contributed by atoms with Gasteiger partial charge in [0.2, 0.25) is 5.88 Å². The molecular formula is C9H8BrF2NO3. The predicted octanol–water partition coefficient (Wildman–Crippen LogP) is 2.58. The van der Waals surface area contributed by atoms with Crippen molar-refractivity contribution in [2.75, 3.05) is 14.2 Å². The molecule has 0 atom stereocenters. The monoisotopic (exact) mass is 295 g/mol. The minimum atomic E-state index is -2.80. The second-order valence-electron chi connectivity index (χ2n) is 2.70. The Morgan fingerprint density at radius 2 is 2.12 bits per heavy atom. The van der Waals surface area contributed by atoms with Crippen LogP contribution in [0.2, 0.25) is 0 Å². The van der Waals surface area contributed by atoms with E-state index < -0.39 is 18.0 Å². The normalized spacial score (nSPS) is 10.4. The molecule has 7 heteroatoms. The maximum absolute atomic E-state index is 12.7. The summed E-state index contributed by atoms with van der Waals surface area (Å²) in [5.74, 6) is -0.974. The van der Waals surface area contributed by atoms with Crippen molar-refractivity contribution in [1.82, 2.24) is 4.98 Å². The van der Waals surface area contributed by atoms with Gasteiger partial charge in [0.1, 0.15) is 0 Å². The molecule has 0 spiro atoms. The number of pyridine rings is 1. The summed E-state index contributed by atoms with van der Waals surface area (Å²) in [6, 6.07) is 0. The van der Waals surface area contributed by atoms with Crippen molar-refractivity contribution in [3.8, 4) is 5.88 Å². The van der Waals surface area contributed by atoms with E-state index >= 15 is 0 Å². The molecule has 0 saturated carbocycles. The van der Waals surface area contributed by atoms with E-state index in [0.29, 0.717) is 0 Å². The van der Waals surface area contributed by atoms with Gasteiger partial charge in [-0.1, -0.05) is 0 Å². The lowest BCUT2D eigenvalue weighted by atomic mass is 10.2. The van der Waals surface area contributed by atoms with Crippen molar-refractivity contribution in [2.24, 2.45) is 0 Å². The fourth-order valence-electron chi connectivity index (χ4n) is 1.09. The number of carbonyl (C=O) groups excluding carboxylic acids is 1. The van der Waals surface area contributed by atoms with Crippen LogP contribution in [0.5, 0.6) is 5.88 Å². The lowest BCUT2D eigenvalue weighted by Crippen LogP contribution is -2.07. The lowest BCUT2D eigenvalue weighted by molar-refractivity contribution is 0.0598. The van der Waals surface area contributed by atoms with Gasteiger partial charge in [0.05, 0.1) is 25.3 Å². The van der Waals surface area contributed by atoms with Gasteiger partial charge in [-0.25, -0.2) is 18.6 Å². The van der Waals surface area contributed by atoms with Crippen LogP contribution < -0.4 is 4.74 Å². The molecule has 0 aliphatic rings. The van der Waals surface area contributed by atoms with Crippen molar-refractivity contribution in [3.05, 3.63) is 21.8 Å². The molecule has 0 N–H and O–H groups in total. The molecule has 1 rings (SSSR count). The van der Waals surface area contributed by atoms with Crippen LogP contribution >= 0.6 is 15.9 Å². The van der Waals surface area contributed by atoms with Crippen molar-refractivity contribution in [1.29, 1.82) is 0 Å². The third kappa shape index (κ3) is 2.29. The molecule has 0 radical (unpaired) electrons. The van der Waals surface area contributed by atoms with Gasteiger partial charge in [-0.05, 0) is 15.9 Å². The Morgan fingerprint density at radius 3 is 2.56 bits per heavy atom. The van der Waals surface area contributed by atoms with Gasteiger partial charge in [-0.15, -0.1) is 0 Å². The number of hydrogen-bond acceptors (Lipinski definition) is 4. The molecular weight excluding hydrogens is 288 g/mol. The van der Waals surface area contributed by atoms with Gasteiger partial charge in [0.25, 0.3) is 6.43 Å². The van der Waals surface area contributed by atoms with Gasteiger partial charge in [-0.3, -0.25) is 0 Å². The van der Waals surface area contributed by atoms with Crippen LogP contribution in [0.3, 0.4) is 0 Å². The van der Waals surface area contributed by atoms with Crippen LogP contribution in [-0.4, -0.2) is 25.2 Å². The minimum absolute atomic E-state index is 0.0683. The molecule has 88 valence electrons. The summed E-state index contributed by atoms with van der Waals surface area (Å²) in [5.41, 5.74) is -0.538. The molecule has 0 unspecified atom stereocenters. The minimum Gasteiger partial charge on any atom is -0.481 e. The molecule has 0 bridgehead atoms. The molecule has 1 heterocycles. The SMILES string of the molecule is COC(=O)c1cnc(OC)c(C(F)F)c1Br. The van der Waals surface area contributed by atoms with E-state index in [9.17, 15) is 13.6 Å². The van der Waals surface area contributed by atoms with Crippen LogP contribution in [0.15, 0.2) is 10.7 Å². The Labute approximate surface area is 98.7 Å². The highest BCUT2D eigenvalue weighted by Gasteiger charge is 2.24. The van der Waals surface area contributed by atoms with E-state index in [0.717, 1.165) is 13.3 Å². The van der Waals surface area contributed by atoms with E-state index in [1.165, 1.54) is 7.11 Å². The van der Waals surface area contributed by atoms with E-state index in [4.69, 9.17) is 0 Å². The first-order valence-electron chi connectivity index (χ1n) is 4.11. The Balaban J connectivity index is 3.37. The predicted molar refractivity (Wildman–Crippen MR) is 54.8 cm³/mol. The standard InChI is InChI=1S/C9H8BrF2NO3/c1-15-8-5(7(11)12)6(10)4(3-13-8)9(14)16-2/h3,7H,1-2H3. The van der Waals surface area contributed by atoms with Crippen LogP contribution in [-0.2, 0) is 4.74 Å². The molecule has 1 aromatic rings. The number of ether oxygens (including phenoxy) is 2. The Hall–Kier alpha value is -1.24. The number of alkyl halides is 2. The molecule has 0 aliphatic carbocycles. The first-order chi connectivity index (χ1) is 7.52. The van der Waals surface area contributed by atoms with Crippen molar-refractivity contribution < 1.29 is 23.0 Å². The summed E-state index contributed by atoms with van der Waals surface area (Å²) in [4.78, 5) is 14.8. The van der Waals surface area contributed by atoms with Crippen LogP contribution in [0, 0.1) is 0 Å². The molecule has 0 aliphatic heterocycles. The van der Waals surface area contributed by atoms with E-state index in [2.05, 4.69) is 30.4 Å². The smallest absolute Gasteiger partial charge is 0.340 e. The zero-order valence-electron chi connectivity index (χ0n) is 8.46. The third-order valence-corrected chi connectivity index (χ3v) is 2.69. The average molecular weight is 296 g/mol. The Kier molecular flexibility index (Phi) is 4.17. The number of esters is 1. The summed E-state index contributed by atoms with van der Waals surface area (Å²) in [6.45, 7) is 0. The maximum atomic E-state index is 12.7. The quantitative estimate of drug-likeness (QED) is 0.804. The topological polar surface area (TPSA) is 48.4 Å².